The van der Waals surface area contributed by atoms with Crippen LogP contribution >= 0.6 is 0 Å². The minimum Gasteiger partial charge on any atom is -0.397 e. The molecule has 3 heterocycles. The van der Waals surface area contributed by atoms with Crippen LogP contribution in [-0.4, -0.2) is 38.8 Å². The van der Waals surface area contributed by atoms with Gasteiger partial charge in [0.2, 0.25) is 5.91 Å². The van der Waals surface area contributed by atoms with Crippen molar-refractivity contribution >= 4 is 11.6 Å². The van der Waals surface area contributed by atoms with Crippen LogP contribution < -0.4 is 5.73 Å². The molecule has 154 valence electrons. The number of halogens is 2. The van der Waals surface area contributed by atoms with Gasteiger partial charge >= 0.3 is 0 Å². The molecule has 1 aliphatic heterocycles. The lowest BCUT2D eigenvalue weighted by atomic mass is 9.95. The minimum absolute atomic E-state index is 0.0240. The van der Waals surface area contributed by atoms with Gasteiger partial charge in [-0.05, 0) is 36.8 Å². The lowest BCUT2D eigenvalue weighted by molar-refractivity contribution is -0.136. The number of likely N-dealkylation sites (tertiary alicyclic amines) is 1. The second-order valence-corrected chi connectivity index (χ2v) is 7.58. The Labute approximate surface area is 172 Å². The quantitative estimate of drug-likeness (QED) is 0.700. The van der Waals surface area contributed by atoms with Gasteiger partial charge in [-0.15, -0.1) is 0 Å². The second kappa shape index (κ2) is 8.14. The highest BCUT2D eigenvalue weighted by Crippen LogP contribution is 2.25. The molecule has 1 aromatic carbocycles. The molecule has 1 fully saturated rings. The summed E-state index contributed by atoms with van der Waals surface area (Å²) in [6, 6.07) is 6.43. The Kier molecular flexibility index (Phi) is 5.39. The van der Waals surface area contributed by atoms with E-state index in [4.69, 9.17) is 5.73 Å². The van der Waals surface area contributed by atoms with E-state index in [2.05, 4.69) is 15.0 Å². The van der Waals surface area contributed by atoms with Gasteiger partial charge in [-0.2, -0.15) is 0 Å². The van der Waals surface area contributed by atoms with Gasteiger partial charge in [0.05, 0.1) is 23.5 Å². The SMILES string of the molecule is Cc1cnc(CC2CN(C(=O)Cc3nc(-c4ccc(F)cc4F)ccc3N)C2)nc1. The monoisotopic (exact) mass is 409 g/mol. The van der Waals surface area contributed by atoms with Crippen molar-refractivity contribution in [2.24, 2.45) is 5.92 Å². The zero-order valence-corrected chi connectivity index (χ0v) is 16.5. The van der Waals surface area contributed by atoms with Gasteiger partial charge in [-0.25, -0.2) is 18.7 Å². The zero-order valence-electron chi connectivity index (χ0n) is 16.5. The average molecular weight is 409 g/mol. The van der Waals surface area contributed by atoms with Gasteiger partial charge in [0.1, 0.15) is 17.5 Å². The summed E-state index contributed by atoms with van der Waals surface area (Å²) in [7, 11) is 0. The summed E-state index contributed by atoms with van der Waals surface area (Å²) >= 11 is 0. The van der Waals surface area contributed by atoms with Gasteiger partial charge in [0.25, 0.3) is 0 Å². The largest absolute Gasteiger partial charge is 0.397 e. The number of anilines is 1. The standard InChI is InChI=1S/C22H21F2N5O/c1-13-9-26-21(27-10-13)6-14-11-29(12-14)22(30)8-20-18(25)4-5-19(28-20)16-3-2-15(23)7-17(16)24/h2-5,7,9-10,14H,6,8,11-12,25H2,1H3. The van der Waals surface area contributed by atoms with Gasteiger partial charge in [0.15, 0.2) is 0 Å². The first-order valence-electron chi connectivity index (χ1n) is 9.65. The van der Waals surface area contributed by atoms with Crippen LogP contribution in [0, 0.1) is 24.5 Å². The number of benzene rings is 1. The number of rotatable bonds is 5. The molecule has 1 amide bonds. The number of pyridine rings is 1. The fourth-order valence-electron chi connectivity index (χ4n) is 3.44. The molecule has 0 saturated carbocycles. The van der Waals surface area contributed by atoms with Crippen molar-refractivity contribution in [3.63, 3.8) is 0 Å². The first-order valence-corrected chi connectivity index (χ1v) is 9.65. The molecule has 0 bridgehead atoms. The molecule has 0 spiro atoms. The molecule has 8 heteroatoms. The summed E-state index contributed by atoms with van der Waals surface area (Å²) in [5.41, 5.74) is 8.20. The Morgan fingerprint density at radius 2 is 1.90 bits per heavy atom. The third-order valence-corrected chi connectivity index (χ3v) is 5.15. The van der Waals surface area contributed by atoms with Crippen molar-refractivity contribution in [3.8, 4) is 11.3 Å². The molecule has 3 aromatic rings. The molecule has 2 aromatic heterocycles. The third kappa shape index (κ3) is 4.27. The van der Waals surface area contributed by atoms with Crippen LogP contribution in [-0.2, 0) is 17.6 Å². The Hall–Kier alpha value is -3.42. The lowest BCUT2D eigenvalue weighted by Gasteiger charge is -2.39. The van der Waals surface area contributed by atoms with E-state index in [9.17, 15) is 13.6 Å². The maximum Gasteiger partial charge on any atom is 0.228 e. The average Bonchev–Trinajstić information content (AvgIpc) is 2.67. The van der Waals surface area contributed by atoms with E-state index in [1.165, 1.54) is 12.1 Å². The van der Waals surface area contributed by atoms with Gasteiger partial charge < -0.3 is 10.6 Å². The van der Waals surface area contributed by atoms with E-state index in [0.29, 0.717) is 36.1 Å². The van der Waals surface area contributed by atoms with Crippen LogP contribution in [0.25, 0.3) is 11.3 Å². The van der Waals surface area contributed by atoms with E-state index in [0.717, 1.165) is 23.9 Å². The summed E-state index contributed by atoms with van der Waals surface area (Å²) in [4.78, 5) is 27.3. The Bertz CT molecular complexity index is 1080. The highest BCUT2D eigenvalue weighted by Gasteiger charge is 2.31. The van der Waals surface area contributed by atoms with Crippen LogP contribution in [0.1, 0.15) is 17.1 Å². The fraction of sp³-hybridized carbons (Fsp3) is 0.273. The van der Waals surface area contributed by atoms with Crippen molar-refractivity contribution in [2.45, 2.75) is 19.8 Å². The fourth-order valence-corrected chi connectivity index (χ4v) is 3.44. The Morgan fingerprint density at radius 1 is 1.17 bits per heavy atom. The number of nitrogens with zero attached hydrogens (tertiary/aromatic N) is 4. The topological polar surface area (TPSA) is 85.0 Å². The molecule has 1 aliphatic rings. The van der Waals surface area contributed by atoms with E-state index in [-0.39, 0.29) is 17.9 Å². The maximum absolute atomic E-state index is 14.1. The van der Waals surface area contributed by atoms with E-state index in [1.54, 1.807) is 29.4 Å². The number of carbonyl (C=O) groups excluding carboxylic acids is 1. The number of nitrogen functional groups attached to an aromatic ring is 1. The number of nitrogens with two attached hydrogens (primary N) is 1. The molecule has 4 rings (SSSR count). The van der Waals surface area contributed by atoms with Crippen molar-refractivity contribution in [3.05, 3.63) is 71.4 Å². The minimum atomic E-state index is -0.714. The predicted molar refractivity (Wildman–Crippen MR) is 108 cm³/mol. The van der Waals surface area contributed by atoms with Gasteiger partial charge in [-0.1, -0.05) is 0 Å². The normalized spacial score (nSPS) is 13.9. The van der Waals surface area contributed by atoms with Crippen LogP contribution in [0.4, 0.5) is 14.5 Å². The highest BCUT2D eigenvalue weighted by molar-refractivity contribution is 5.81. The van der Waals surface area contributed by atoms with Crippen LogP contribution in [0.5, 0.6) is 0 Å². The smallest absolute Gasteiger partial charge is 0.228 e. The second-order valence-electron chi connectivity index (χ2n) is 7.58. The van der Waals surface area contributed by atoms with Gasteiger partial charge in [0, 0.05) is 49.5 Å². The Morgan fingerprint density at radius 3 is 2.60 bits per heavy atom. The first-order chi connectivity index (χ1) is 14.4. The van der Waals surface area contributed by atoms with Crippen molar-refractivity contribution < 1.29 is 13.6 Å². The first kappa shape index (κ1) is 19.9. The number of aryl methyl sites for hydroxylation is 1. The number of amides is 1. The van der Waals surface area contributed by atoms with E-state index >= 15 is 0 Å². The van der Waals surface area contributed by atoms with Crippen LogP contribution in [0.15, 0.2) is 42.7 Å². The molecule has 0 radical (unpaired) electrons. The molecule has 0 aliphatic carbocycles. The van der Waals surface area contributed by atoms with Gasteiger partial charge in [-0.3, -0.25) is 9.78 Å². The summed E-state index contributed by atoms with van der Waals surface area (Å²) < 4.78 is 27.2. The molecule has 6 nitrogen and oxygen atoms in total. The number of hydrogen-bond donors (Lipinski definition) is 1. The highest BCUT2D eigenvalue weighted by atomic mass is 19.1. The number of carbonyl (C=O) groups is 1. The van der Waals surface area contributed by atoms with Crippen molar-refractivity contribution in [1.29, 1.82) is 0 Å². The molecule has 30 heavy (non-hydrogen) atoms. The molecule has 0 atom stereocenters. The van der Waals surface area contributed by atoms with Crippen LogP contribution in [0.2, 0.25) is 0 Å². The summed E-state index contributed by atoms with van der Waals surface area (Å²) in [5, 5.41) is 0. The molecule has 2 N–H and O–H groups in total. The molecular formula is C22H21F2N5O. The van der Waals surface area contributed by atoms with Crippen LogP contribution in [0.3, 0.4) is 0 Å². The molecule has 1 saturated heterocycles. The zero-order chi connectivity index (χ0) is 21.3. The maximum atomic E-state index is 14.1. The third-order valence-electron chi connectivity index (χ3n) is 5.15. The predicted octanol–water partition coefficient (Wildman–Crippen LogP) is 2.95. The number of hydrogen-bond acceptors (Lipinski definition) is 5. The lowest BCUT2D eigenvalue weighted by Crippen LogP contribution is -2.51. The summed E-state index contributed by atoms with van der Waals surface area (Å²) in [6.45, 7) is 3.19. The molecular weight excluding hydrogens is 388 g/mol. The number of aromatic nitrogens is 3. The van der Waals surface area contributed by atoms with Crippen molar-refractivity contribution in [1.82, 2.24) is 19.9 Å². The van der Waals surface area contributed by atoms with Crippen molar-refractivity contribution in [2.75, 3.05) is 18.8 Å². The summed E-state index contributed by atoms with van der Waals surface area (Å²) in [5.74, 6) is -0.370. The molecule has 0 unspecified atom stereocenters. The Balaban J connectivity index is 1.39. The van der Waals surface area contributed by atoms with E-state index in [1.807, 2.05) is 6.92 Å². The summed E-state index contributed by atoms with van der Waals surface area (Å²) in [6.07, 6.45) is 4.32. The van der Waals surface area contributed by atoms with E-state index < -0.39 is 11.6 Å².